The van der Waals surface area contributed by atoms with Gasteiger partial charge in [-0.25, -0.2) is 9.07 Å². The first-order valence-electron chi connectivity index (χ1n) is 10.0. The Morgan fingerprint density at radius 2 is 1.66 bits per heavy atom. The highest BCUT2D eigenvalue weighted by Crippen LogP contribution is 2.31. The molecule has 1 aliphatic carbocycles. The minimum Gasteiger partial charge on any atom is -0.339 e. The molecule has 6 nitrogen and oxygen atoms in total. The van der Waals surface area contributed by atoms with Crippen LogP contribution in [0.3, 0.4) is 0 Å². The number of nitrogens with zero attached hydrogens (tertiary/aromatic N) is 4. The van der Waals surface area contributed by atoms with Gasteiger partial charge in [-0.2, -0.15) is 5.10 Å². The molecule has 2 aliphatic rings. The van der Waals surface area contributed by atoms with Gasteiger partial charge in [-0.3, -0.25) is 9.59 Å². The second-order valence-electron chi connectivity index (χ2n) is 7.73. The molecule has 2 aromatic rings. The number of rotatable bonds is 4. The number of hydrogen-bond donors (Lipinski definition) is 0. The van der Waals surface area contributed by atoms with E-state index in [1.807, 2.05) is 18.7 Å². The molecule has 0 radical (unpaired) electrons. The van der Waals surface area contributed by atoms with Gasteiger partial charge in [0.05, 0.1) is 11.4 Å². The molecule has 0 unspecified atom stereocenters. The molecule has 1 aromatic heterocycles. The van der Waals surface area contributed by atoms with Gasteiger partial charge in [-0.15, -0.1) is 0 Å². The van der Waals surface area contributed by atoms with E-state index in [1.165, 1.54) is 12.1 Å². The summed E-state index contributed by atoms with van der Waals surface area (Å²) in [5.41, 5.74) is 3.34. The normalized spacial score (nSPS) is 17.2. The predicted octanol–water partition coefficient (Wildman–Crippen LogP) is 2.72. The topological polar surface area (TPSA) is 58.4 Å². The summed E-state index contributed by atoms with van der Waals surface area (Å²) >= 11 is 0. The maximum atomic E-state index is 13.2. The lowest BCUT2D eigenvalue weighted by Gasteiger charge is -2.34. The molecule has 2 heterocycles. The molecule has 0 bridgehead atoms. The third kappa shape index (κ3) is 4.09. The Balaban J connectivity index is 1.42. The van der Waals surface area contributed by atoms with Crippen molar-refractivity contribution in [1.82, 2.24) is 19.6 Å². The van der Waals surface area contributed by atoms with Crippen LogP contribution in [0, 0.1) is 25.6 Å². The average molecular weight is 396 g/mol. The lowest BCUT2D eigenvalue weighted by molar-refractivity contribution is -0.138. The number of aryl methyl sites for hydroxylation is 1. The summed E-state index contributed by atoms with van der Waals surface area (Å²) in [6.45, 7) is 6.16. The molecule has 152 valence electrons. The summed E-state index contributed by atoms with van der Waals surface area (Å²) < 4.78 is 14.9. The molecule has 7 heteroatoms. The first kappa shape index (κ1) is 19.4. The number of halogens is 1. The Labute approximate surface area is 169 Å². The number of hydrogen-bond acceptors (Lipinski definition) is 3. The van der Waals surface area contributed by atoms with E-state index in [0.717, 1.165) is 35.5 Å². The molecular weight excluding hydrogens is 371 g/mol. The van der Waals surface area contributed by atoms with Crippen molar-refractivity contribution in [2.45, 2.75) is 26.7 Å². The molecule has 0 atom stereocenters. The van der Waals surface area contributed by atoms with Crippen LogP contribution in [0.2, 0.25) is 0 Å². The predicted molar refractivity (Wildman–Crippen MR) is 108 cm³/mol. The summed E-state index contributed by atoms with van der Waals surface area (Å²) in [5, 5.41) is 4.53. The van der Waals surface area contributed by atoms with Gasteiger partial charge < -0.3 is 9.80 Å². The average Bonchev–Trinajstić information content (AvgIpc) is 3.53. The molecule has 1 saturated carbocycles. The molecule has 1 aliphatic heterocycles. The highest BCUT2D eigenvalue weighted by Gasteiger charge is 2.34. The second kappa shape index (κ2) is 7.81. The van der Waals surface area contributed by atoms with Gasteiger partial charge >= 0.3 is 0 Å². The summed E-state index contributed by atoms with van der Waals surface area (Å²) in [7, 11) is 0. The van der Waals surface area contributed by atoms with Crippen LogP contribution in [0.5, 0.6) is 0 Å². The van der Waals surface area contributed by atoms with Crippen molar-refractivity contribution in [3.63, 3.8) is 0 Å². The van der Waals surface area contributed by atoms with Crippen LogP contribution in [0.15, 0.2) is 30.3 Å². The van der Waals surface area contributed by atoms with Gasteiger partial charge in [0.1, 0.15) is 5.82 Å². The summed E-state index contributed by atoms with van der Waals surface area (Å²) in [6.07, 6.45) is 5.38. The van der Waals surface area contributed by atoms with E-state index in [-0.39, 0.29) is 23.5 Å². The van der Waals surface area contributed by atoms with E-state index in [1.54, 1.807) is 33.9 Å². The lowest BCUT2D eigenvalue weighted by atomic mass is 10.1. The fraction of sp³-hybridized carbons (Fsp3) is 0.409. The number of benzene rings is 1. The summed E-state index contributed by atoms with van der Waals surface area (Å²) in [6, 6.07) is 6.16. The maximum absolute atomic E-state index is 13.2. The summed E-state index contributed by atoms with van der Waals surface area (Å²) in [4.78, 5) is 28.4. The minimum absolute atomic E-state index is 0.0585. The maximum Gasteiger partial charge on any atom is 0.246 e. The number of aromatic nitrogens is 2. The van der Waals surface area contributed by atoms with Crippen LogP contribution in [0.25, 0.3) is 11.8 Å². The van der Waals surface area contributed by atoms with Crippen LogP contribution in [-0.4, -0.2) is 57.6 Å². The minimum atomic E-state index is -0.292. The van der Waals surface area contributed by atoms with Crippen LogP contribution in [0.4, 0.5) is 4.39 Å². The van der Waals surface area contributed by atoms with E-state index >= 15 is 0 Å². The van der Waals surface area contributed by atoms with Gasteiger partial charge in [0.2, 0.25) is 11.8 Å². The largest absolute Gasteiger partial charge is 0.339 e. The van der Waals surface area contributed by atoms with E-state index < -0.39 is 0 Å². The molecule has 1 saturated heterocycles. The first-order valence-corrected chi connectivity index (χ1v) is 10.0. The van der Waals surface area contributed by atoms with Gasteiger partial charge in [0.15, 0.2) is 0 Å². The van der Waals surface area contributed by atoms with Crippen molar-refractivity contribution in [3.05, 3.63) is 53.1 Å². The quantitative estimate of drug-likeness (QED) is 0.747. The highest BCUT2D eigenvalue weighted by molar-refractivity contribution is 5.92. The Hall–Kier alpha value is -2.96. The van der Waals surface area contributed by atoms with Crippen molar-refractivity contribution in [2.24, 2.45) is 5.92 Å². The van der Waals surface area contributed by atoms with Crippen molar-refractivity contribution in [1.29, 1.82) is 0 Å². The smallest absolute Gasteiger partial charge is 0.246 e. The Morgan fingerprint density at radius 1 is 1.03 bits per heavy atom. The fourth-order valence-corrected chi connectivity index (χ4v) is 3.73. The Bertz CT molecular complexity index is 952. The standard InChI is InChI=1S/C22H25FN4O2/c1-15-20(16(2)27(24-15)19-7-5-18(23)6-8-19)9-10-21(28)25-11-13-26(14-12-25)22(29)17-3-4-17/h5-10,17H,3-4,11-14H2,1-2H3/b10-9+. The van der Waals surface area contributed by atoms with Gasteiger partial charge in [0, 0.05) is 49.4 Å². The highest BCUT2D eigenvalue weighted by atomic mass is 19.1. The zero-order valence-corrected chi connectivity index (χ0v) is 16.8. The molecular formula is C22H25FN4O2. The van der Waals surface area contributed by atoms with Gasteiger partial charge in [0.25, 0.3) is 0 Å². The molecule has 29 heavy (non-hydrogen) atoms. The lowest BCUT2D eigenvalue weighted by Crippen LogP contribution is -2.50. The molecule has 2 amide bonds. The van der Waals surface area contributed by atoms with Crippen molar-refractivity contribution >= 4 is 17.9 Å². The van der Waals surface area contributed by atoms with Crippen molar-refractivity contribution in [3.8, 4) is 5.69 Å². The number of carbonyl (C=O) groups excluding carboxylic acids is 2. The van der Waals surface area contributed by atoms with Crippen molar-refractivity contribution in [2.75, 3.05) is 26.2 Å². The van der Waals surface area contributed by atoms with E-state index in [0.29, 0.717) is 26.2 Å². The Morgan fingerprint density at radius 3 is 2.28 bits per heavy atom. The fourth-order valence-electron chi connectivity index (χ4n) is 3.73. The molecule has 0 N–H and O–H groups in total. The van der Waals surface area contributed by atoms with Gasteiger partial charge in [-0.05, 0) is 57.0 Å². The molecule has 0 spiro atoms. The number of carbonyl (C=O) groups is 2. The monoisotopic (exact) mass is 396 g/mol. The van der Waals surface area contributed by atoms with Crippen LogP contribution in [-0.2, 0) is 9.59 Å². The number of piperazine rings is 1. The SMILES string of the molecule is Cc1nn(-c2ccc(F)cc2)c(C)c1/C=C/C(=O)N1CCN(C(=O)C2CC2)CC1. The van der Waals surface area contributed by atoms with Crippen LogP contribution < -0.4 is 0 Å². The third-order valence-corrected chi connectivity index (χ3v) is 5.64. The van der Waals surface area contributed by atoms with E-state index in [4.69, 9.17) is 0 Å². The second-order valence-corrected chi connectivity index (χ2v) is 7.73. The van der Waals surface area contributed by atoms with Crippen LogP contribution >= 0.6 is 0 Å². The molecule has 1 aromatic carbocycles. The third-order valence-electron chi connectivity index (χ3n) is 5.64. The first-order chi connectivity index (χ1) is 13.9. The van der Waals surface area contributed by atoms with Gasteiger partial charge in [-0.1, -0.05) is 0 Å². The molecule has 2 fully saturated rings. The zero-order valence-electron chi connectivity index (χ0n) is 16.8. The zero-order chi connectivity index (χ0) is 20.5. The molecule has 4 rings (SSSR count). The summed E-state index contributed by atoms with van der Waals surface area (Å²) in [5.74, 6) is 0.115. The van der Waals surface area contributed by atoms with Crippen LogP contribution in [0.1, 0.15) is 29.8 Å². The number of amides is 2. The van der Waals surface area contributed by atoms with Crippen molar-refractivity contribution < 1.29 is 14.0 Å². The Kier molecular flexibility index (Phi) is 5.22. The van der Waals surface area contributed by atoms with E-state index in [9.17, 15) is 14.0 Å². The van der Waals surface area contributed by atoms with E-state index in [2.05, 4.69) is 5.10 Å².